The minimum absolute atomic E-state index is 0. The van der Waals surface area contributed by atoms with Crippen molar-refractivity contribution >= 4 is 12.4 Å². The minimum Gasteiger partial charge on any atom is -0.395 e. The Morgan fingerprint density at radius 3 is 2.00 bits per heavy atom. The van der Waals surface area contributed by atoms with Gasteiger partial charge < -0.3 is 10.2 Å². The Morgan fingerprint density at radius 1 is 1.29 bits per heavy atom. The molecule has 46 valence electrons. The highest BCUT2D eigenvalue weighted by molar-refractivity contribution is 5.85. The third kappa shape index (κ3) is 10.7. The molecule has 0 amide bonds. The summed E-state index contributed by atoms with van der Waals surface area (Å²) in [5.41, 5.74) is 0. The van der Waals surface area contributed by atoms with Gasteiger partial charge in [0, 0.05) is 6.54 Å². The van der Waals surface area contributed by atoms with Crippen LogP contribution in [0.4, 0.5) is 0 Å². The van der Waals surface area contributed by atoms with Crippen molar-refractivity contribution in [1.29, 1.82) is 0 Å². The molecule has 0 saturated heterocycles. The van der Waals surface area contributed by atoms with Crippen molar-refractivity contribution in [2.75, 3.05) is 19.9 Å². The monoisotopic (exact) mass is 127 g/mol. The summed E-state index contributed by atoms with van der Waals surface area (Å²) in [5.74, 6) is 0. The van der Waals surface area contributed by atoms with Gasteiger partial charge in [0.15, 0.2) is 0 Å². The van der Waals surface area contributed by atoms with E-state index in [1.54, 1.807) is 0 Å². The maximum atomic E-state index is 8.02. The predicted molar refractivity (Wildman–Crippen MR) is 29.4 cm³/mol. The van der Waals surface area contributed by atoms with Crippen LogP contribution in [0.1, 0.15) is 0 Å². The summed E-state index contributed by atoms with van der Waals surface area (Å²) in [5, 5.41) is 18.5. The molecule has 3 N–H and O–H groups in total. The predicted octanol–water partition coefficient (Wildman–Crippen LogP) is -1.06. The Kier molecular flexibility index (Phi) is 13.8. The molecule has 0 saturated carbocycles. The fourth-order valence-electron chi connectivity index (χ4n) is 0.158. The zero-order chi connectivity index (χ0) is 4.83. The first-order chi connectivity index (χ1) is 2.91. The lowest BCUT2D eigenvalue weighted by molar-refractivity contribution is 0.230. The quantitative estimate of drug-likeness (QED) is 0.335. The number of hydrogen-bond donors (Lipinski definition) is 3. The molecule has 0 aromatic carbocycles. The van der Waals surface area contributed by atoms with Crippen LogP contribution in [0.5, 0.6) is 0 Å². The Balaban J connectivity index is 0. The van der Waals surface area contributed by atoms with E-state index in [0.717, 1.165) is 0 Å². The molecule has 0 aliphatic rings. The Morgan fingerprint density at radius 2 is 1.86 bits per heavy atom. The molecule has 0 heterocycles. The van der Waals surface area contributed by atoms with Crippen molar-refractivity contribution in [1.82, 2.24) is 5.32 Å². The summed E-state index contributed by atoms with van der Waals surface area (Å²) >= 11 is 0. The fraction of sp³-hybridized carbons (Fsp3) is 1.00. The maximum Gasteiger partial charge on any atom is 0.0932 e. The van der Waals surface area contributed by atoms with Gasteiger partial charge in [-0.3, -0.25) is 5.32 Å². The van der Waals surface area contributed by atoms with E-state index in [-0.39, 0.29) is 25.7 Å². The van der Waals surface area contributed by atoms with E-state index in [0.29, 0.717) is 6.54 Å². The third-order valence-corrected chi connectivity index (χ3v) is 0.400. The standard InChI is InChI=1S/C3H9NO2.ClH/c5-2-1-4-3-6;/h4-6H,1-3H2;1H. The molecule has 0 atom stereocenters. The van der Waals surface area contributed by atoms with Gasteiger partial charge in [-0.15, -0.1) is 12.4 Å². The summed E-state index contributed by atoms with van der Waals surface area (Å²) in [4.78, 5) is 0. The molecule has 0 unspecified atom stereocenters. The molecule has 0 aliphatic heterocycles. The number of aliphatic hydroxyl groups excluding tert-OH is 2. The molecule has 3 nitrogen and oxygen atoms in total. The lowest BCUT2D eigenvalue weighted by atomic mass is 10.7. The molecular formula is C3H10ClNO2. The van der Waals surface area contributed by atoms with Crippen LogP contribution in [0.3, 0.4) is 0 Å². The largest absolute Gasteiger partial charge is 0.395 e. The van der Waals surface area contributed by atoms with Gasteiger partial charge in [0.1, 0.15) is 0 Å². The van der Waals surface area contributed by atoms with E-state index >= 15 is 0 Å². The Hall–Kier alpha value is 0.170. The molecule has 0 aromatic heterocycles. The minimum atomic E-state index is -0.0550. The van der Waals surface area contributed by atoms with Crippen LogP contribution in [0.25, 0.3) is 0 Å². The van der Waals surface area contributed by atoms with Crippen LogP contribution in [-0.4, -0.2) is 30.1 Å². The van der Waals surface area contributed by atoms with Crippen LogP contribution < -0.4 is 5.32 Å². The number of halogens is 1. The maximum absolute atomic E-state index is 8.02. The van der Waals surface area contributed by atoms with E-state index in [4.69, 9.17) is 10.2 Å². The molecule has 7 heavy (non-hydrogen) atoms. The Labute approximate surface area is 48.8 Å². The normalized spacial score (nSPS) is 7.71. The van der Waals surface area contributed by atoms with Gasteiger partial charge in [-0.2, -0.15) is 0 Å². The first kappa shape index (κ1) is 10.2. The smallest absolute Gasteiger partial charge is 0.0932 e. The molecular weight excluding hydrogens is 117 g/mol. The third-order valence-electron chi connectivity index (χ3n) is 0.400. The van der Waals surface area contributed by atoms with Gasteiger partial charge in [0.2, 0.25) is 0 Å². The van der Waals surface area contributed by atoms with Crippen LogP contribution in [-0.2, 0) is 0 Å². The molecule has 0 bridgehead atoms. The average Bonchev–Trinajstić information content (AvgIpc) is 1.61. The summed E-state index contributed by atoms with van der Waals surface area (Å²) in [6.07, 6.45) is 0. The van der Waals surface area contributed by atoms with Crippen molar-refractivity contribution in [3.05, 3.63) is 0 Å². The summed E-state index contributed by atoms with van der Waals surface area (Å²) in [6, 6.07) is 0. The fourth-order valence-corrected chi connectivity index (χ4v) is 0.158. The van der Waals surface area contributed by atoms with E-state index in [1.165, 1.54) is 0 Å². The highest BCUT2D eigenvalue weighted by atomic mass is 35.5. The first-order valence-electron chi connectivity index (χ1n) is 1.84. The van der Waals surface area contributed by atoms with Gasteiger partial charge in [-0.25, -0.2) is 0 Å². The lowest BCUT2D eigenvalue weighted by Crippen LogP contribution is -2.18. The number of aliphatic hydroxyl groups is 2. The van der Waals surface area contributed by atoms with Crippen LogP contribution in [0, 0.1) is 0 Å². The molecule has 4 heteroatoms. The van der Waals surface area contributed by atoms with Crippen molar-refractivity contribution in [2.45, 2.75) is 0 Å². The summed E-state index contributed by atoms with van der Waals surface area (Å²) in [6.45, 7) is 0.498. The van der Waals surface area contributed by atoms with Crippen molar-refractivity contribution in [3.8, 4) is 0 Å². The molecule has 0 spiro atoms. The van der Waals surface area contributed by atoms with Crippen molar-refractivity contribution in [2.24, 2.45) is 0 Å². The summed E-state index contributed by atoms with van der Waals surface area (Å²) in [7, 11) is 0. The van der Waals surface area contributed by atoms with Crippen molar-refractivity contribution < 1.29 is 10.2 Å². The average molecular weight is 128 g/mol. The van der Waals surface area contributed by atoms with E-state index in [2.05, 4.69) is 5.32 Å². The highest BCUT2D eigenvalue weighted by Crippen LogP contribution is 1.48. The summed E-state index contributed by atoms with van der Waals surface area (Å²) < 4.78 is 0. The number of rotatable bonds is 3. The molecule has 0 fully saturated rings. The number of nitrogens with one attached hydrogen (secondary N) is 1. The van der Waals surface area contributed by atoms with Crippen LogP contribution in [0.15, 0.2) is 0 Å². The zero-order valence-corrected chi connectivity index (χ0v) is 4.74. The SMILES string of the molecule is Cl.OCCNCO. The zero-order valence-electron chi connectivity index (χ0n) is 3.92. The van der Waals surface area contributed by atoms with Crippen LogP contribution in [0.2, 0.25) is 0 Å². The van der Waals surface area contributed by atoms with E-state index in [9.17, 15) is 0 Å². The second kappa shape index (κ2) is 9.48. The first-order valence-corrected chi connectivity index (χ1v) is 1.84. The molecule has 0 aliphatic carbocycles. The molecule has 0 rings (SSSR count). The molecule has 0 radical (unpaired) electrons. The van der Waals surface area contributed by atoms with Gasteiger partial charge in [-0.1, -0.05) is 0 Å². The van der Waals surface area contributed by atoms with Gasteiger partial charge in [0.05, 0.1) is 13.3 Å². The topological polar surface area (TPSA) is 52.5 Å². The Bertz CT molecular complexity index is 24.9. The van der Waals surface area contributed by atoms with Gasteiger partial charge >= 0.3 is 0 Å². The van der Waals surface area contributed by atoms with Crippen LogP contribution >= 0.6 is 12.4 Å². The van der Waals surface area contributed by atoms with Gasteiger partial charge in [-0.05, 0) is 0 Å². The lowest BCUT2D eigenvalue weighted by Gasteiger charge is -1.90. The van der Waals surface area contributed by atoms with Crippen molar-refractivity contribution in [3.63, 3.8) is 0 Å². The van der Waals surface area contributed by atoms with E-state index < -0.39 is 0 Å². The van der Waals surface area contributed by atoms with E-state index in [1.807, 2.05) is 0 Å². The van der Waals surface area contributed by atoms with Gasteiger partial charge in [0.25, 0.3) is 0 Å². The number of hydrogen-bond acceptors (Lipinski definition) is 3. The highest BCUT2D eigenvalue weighted by Gasteiger charge is 1.73. The second-order valence-electron chi connectivity index (χ2n) is 0.882. The second-order valence-corrected chi connectivity index (χ2v) is 0.882. The molecule has 0 aromatic rings.